The van der Waals surface area contributed by atoms with Crippen molar-refractivity contribution in [1.82, 2.24) is 0 Å². The summed E-state index contributed by atoms with van der Waals surface area (Å²) in [5.74, 6) is -0.785. The summed E-state index contributed by atoms with van der Waals surface area (Å²) in [5, 5.41) is 9.42. The molecule has 0 aliphatic rings. The highest BCUT2D eigenvalue weighted by Gasteiger charge is 2.15. The van der Waals surface area contributed by atoms with E-state index in [4.69, 9.17) is 34.8 Å². The molecule has 0 heterocycles. The average molecular weight is 243 g/mol. The van der Waals surface area contributed by atoms with Gasteiger partial charge in [0.2, 0.25) is 0 Å². The van der Waals surface area contributed by atoms with Crippen LogP contribution in [-0.2, 0) is 0 Å². The molecule has 13 heavy (non-hydrogen) atoms. The Labute approximate surface area is 90.0 Å². The molecule has 72 valence electrons. The maximum absolute atomic E-state index is 13.2. The lowest BCUT2D eigenvalue weighted by Gasteiger charge is -2.09. The Morgan fingerprint density at radius 1 is 1.38 bits per heavy atom. The van der Waals surface area contributed by atoms with E-state index in [1.807, 2.05) is 0 Å². The third kappa shape index (κ3) is 2.47. The molecule has 0 aromatic heterocycles. The van der Waals surface area contributed by atoms with Crippen molar-refractivity contribution in [2.45, 2.75) is 6.10 Å². The lowest BCUT2D eigenvalue weighted by atomic mass is 10.1. The van der Waals surface area contributed by atoms with E-state index in [2.05, 4.69) is 0 Å². The number of aliphatic hydroxyl groups is 1. The van der Waals surface area contributed by atoms with E-state index in [0.29, 0.717) is 0 Å². The van der Waals surface area contributed by atoms with Crippen LogP contribution in [0.25, 0.3) is 0 Å². The van der Waals surface area contributed by atoms with Crippen LogP contribution in [0.3, 0.4) is 0 Å². The zero-order valence-corrected chi connectivity index (χ0v) is 8.67. The Kier molecular flexibility index (Phi) is 3.80. The topological polar surface area (TPSA) is 20.2 Å². The molecule has 0 bridgehead atoms. The molecule has 1 atom stereocenters. The monoisotopic (exact) mass is 242 g/mol. The maximum Gasteiger partial charge on any atom is 0.147 e. The second kappa shape index (κ2) is 4.47. The Morgan fingerprint density at radius 3 is 2.54 bits per heavy atom. The molecule has 0 aliphatic heterocycles. The minimum atomic E-state index is -1.09. The summed E-state index contributed by atoms with van der Waals surface area (Å²) in [6.07, 6.45) is -1.09. The van der Waals surface area contributed by atoms with Crippen molar-refractivity contribution in [3.05, 3.63) is 33.6 Å². The zero-order chi connectivity index (χ0) is 10.0. The summed E-state index contributed by atoms with van der Waals surface area (Å²) in [6.45, 7) is 0. The van der Waals surface area contributed by atoms with E-state index >= 15 is 0 Å². The Hall–Kier alpha value is -0.0200. The number of aliphatic hydroxyl groups excluding tert-OH is 1. The highest BCUT2D eigenvalue weighted by Crippen LogP contribution is 2.28. The number of hydrogen-bond acceptors (Lipinski definition) is 1. The summed E-state index contributed by atoms with van der Waals surface area (Å²) >= 11 is 16.5. The van der Waals surface area contributed by atoms with Gasteiger partial charge in [-0.2, -0.15) is 0 Å². The fourth-order valence-corrected chi connectivity index (χ4v) is 1.58. The molecule has 5 heteroatoms. The maximum atomic E-state index is 13.2. The summed E-state index contributed by atoms with van der Waals surface area (Å²) < 4.78 is 13.2. The van der Waals surface area contributed by atoms with Crippen molar-refractivity contribution in [3.8, 4) is 0 Å². The molecule has 1 aromatic carbocycles. The van der Waals surface area contributed by atoms with Gasteiger partial charge in [-0.15, -0.1) is 11.6 Å². The molecular weight excluding hydrogens is 237 g/mol. The summed E-state index contributed by atoms with van der Waals surface area (Å²) in [5.41, 5.74) is 0.0208. The third-order valence-electron chi connectivity index (χ3n) is 1.53. The molecule has 1 rings (SSSR count). The van der Waals surface area contributed by atoms with Gasteiger partial charge >= 0.3 is 0 Å². The number of halogens is 4. The first-order valence-corrected chi connectivity index (χ1v) is 4.73. The van der Waals surface area contributed by atoms with Crippen LogP contribution in [0.2, 0.25) is 10.0 Å². The SMILES string of the molecule is O[C@H](CCl)c1cc(Cl)cc(Cl)c1F. The Balaban J connectivity index is 3.20. The van der Waals surface area contributed by atoms with Crippen LogP contribution >= 0.6 is 34.8 Å². The van der Waals surface area contributed by atoms with E-state index in [-0.39, 0.29) is 21.5 Å². The summed E-state index contributed by atoms with van der Waals surface area (Å²) in [6, 6.07) is 2.57. The molecule has 1 aromatic rings. The Morgan fingerprint density at radius 2 is 2.00 bits per heavy atom. The predicted molar refractivity (Wildman–Crippen MR) is 52.1 cm³/mol. The molecule has 0 amide bonds. The Bertz CT molecular complexity index is 317. The fraction of sp³-hybridized carbons (Fsp3) is 0.250. The van der Waals surface area contributed by atoms with Gasteiger partial charge in [0.25, 0.3) is 0 Å². The standard InChI is InChI=1S/C8H6Cl3FO/c9-3-7(13)5-1-4(10)2-6(11)8(5)12/h1-2,7,13H,3H2/t7-/m1/s1. The van der Waals surface area contributed by atoms with Crippen molar-refractivity contribution >= 4 is 34.8 Å². The lowest BCUT2D eigenvalue weighted by Crippen LogP contribution is -2.02. The number of alkyl halides is 1. The lowest BCUT2D eigenvalue weighted by molar-refractivity contribution is 0.197. The van der Waals surface area contributed by atoms with E-state index in [1.165, 1.54) is 12.1 Å². The molecular formula is C8H6Cl3FO. The van der Waals surface area contributed by atoms with E-state index in [9.17, 15) is 9.50 Å². The van der Waals surface area contributed by atoms with Gasteiger partial charge in [-0.3, -0.25) is 0 Å². The smallest absolute Gasteiger partial charge is 0.147 e. The van der Waals surface area contributed by atoms with Crippen LogP contribution in [-0.4, -0.2) is 11.0 Å². The first-order valence-electron chi connectivity index (χ1n) is 3.44. The molecule has 1 N–H and O–H groups in total. The van der Waals surface area contributed by atoms with Crippen molar-refractivity contribution < 1.29 is 9.50 Å². The van der Waals surface area contributed by atoms with E-state index in [0.717, 1.165) is 0 Å². The first kappa shape index (κ1) is 11.1. The molecule has 0 aliphatic carbocycles. The molecule has 0 fully saturated rings. The third-order valence-corrected chi connectivity index (χ3v) is 2.31. The van der Waals surface area contributed by atoms with Crippen molar-refractivity contribution in [3.63, 3.8) is 0 Å². The van der Waals surface area contributed by atoms with E-state index < -0.39 is 11.9 Å². The van der Waals surface area contributed by atoms with Crippen LogP contribution in [0.5, 0.6) is 0 Å². The molecule has 0 unspecified atom stereocenters. The molecule has 0 radical (unpaired) electrons. The highest BCUT2D eigenvalue weighted by molar-refractivity contribution is 6.34. The van der Waals surface area contributed by atoms with Crippen molar-refractivity contribution in [1.29, 1.82) is 0 Å². The zero-order valence-electron chi connectivity index (χ0n) is 6.40. The number of hydrogen-bond donors (Lipinski definition) is 1. The van der Waals surface area contributed by atoms with Crippen LogP contribution < -0.4 is 0 Å². The molecule has 0 saturated carbocycles. The average Bonchev–Trinajstić information content (AvgIpc) is 2.10. The second-order valence-corrected chi connectivity index (χ2v) is 3.61. The van der Waals surface area contributed by atoms with Crippen molar-refractivity contribution in [2.75, 3.05) is 5.88 Å². The number of rotatable bonds is 2. The highest BCUT2D eigenvalue weighted by atomic mass is 35.5. The number of benzene rings is 1. The van der Waals surface area contributed by atoms with Crippen LogP contribution in [0, 0.1) is 5.82 Å². The van der Waals surface area contributed by atoms with Gasteiger partial charge in [0, 0.05) is 10.6 Å². The molecule has 0 saturated heterocycles. The minimum absolute atomic E-state index is 0.0208. The van der Waals surface area contributed by atoms with Gasteiger partial charge in [0.15, 0.2) is 0 Å². The second-order valence-electron chi connectivity index (χ2n) is 2.46. The largest absolute Gasteiger partial charge is 0.387 e. The van der Waals surface area contributed by atoms with Crippen LogP contribution in [0.15, 0.2) is 12.1 Å². The predicted octanol–water partition coefficient (Wildman–Crippen LogP) is 3.40. The van der Waals surface area contributed by atoms with Gasteiger partial charge in [-0.1, -0.05) is 23.2 Å². The van der Waals surface area contributed by atoms with Gasteiger partial charge in [0.1, 0.15) is 5.82 Å². The minimum Gasteiger partial charge on any atom is -0.387 e. The van der Waals surface area contributed by atoms with Gasteiger partial charge in [0.05, 0.1) is 17.0 Å². The quantitative estimate of drug-likeness (QED) is 0.623. The van der Waals surface area contributed by atoms with Crippen LogP contribution in [0.4, 0.5) is 4.39 Å². The summed E-state index contributed by atoms with van der Waals surface area (Å²) in [7, 11) is 0. The van der Waals surface area contributed by atoms with Crippen molar-refractivity contribution in [2.24, 2.45) is 0 Å². The first-order chi connectivity index (χ1) is 6.06. The van der Waals surface area contributed by atoms with Gasteiger partial charge in [-0.05, 0) is 12.1 Å². The fourth-order valence-electron chi connectivity index (χ4n) is 0.901. The van der Waals surface area contributed by atoms with Gasteiger partial charge in [-0.25, -0.2) is 4.39 Å². The van der Waals surface area contributed by atoms with Gasteiger partial charge < -0.3 is 5.11 Å². The molecule has 1 nitrogen and oxygen atoms in total. The normalized spacial score (nSPS) is 13.0. The van der Waals surface area contributed by atoms with Crippen LogP contribution in [0.1, 0.15) is 11.7 Å². The summed E-state index contributed by atoms with van der Waals surface area (Å²) in [4.78, 5) is 0. The van der Waals surface area contributed by atoms with E-state index in [1.54, 1.807) is 0 Å². The molecule has 0 spiro atoms.